The predicted molar refractivity (Wildman–Crippen MR) is 72.9 cm³/mol. The lowest BCUT2D eigenvalue weighted by Gasteiger charge is -2.24. The Morgan fingerprint density at radius 2 is 2.32 bits per heavy atom. The van der Waals surface area contributed by atoms with E-state index in [4.69, 9.17) is 32.4 Å². The molecule has 0 unspecified atom stereocenters. The van der Waals surface area contributed by atoms with Crippen LogP contribution in [0.2, 0.25) is 5.02 Å². The normalized spacial score (nSPS) is 11.6. The van der Waals surface area contributed by atoms with Crippen molar-refractivity contribution >= 4 is 23.3 Å². The number of methoxy groups -OCH3 is 1. The summed E-state index contributed by atoms with van der Waals surface area (Å²) < 4.78 is 5.00. The number of hydrogen-bond acceptors (Lipinski definition) is 6. The van der Waals surface area contributed by atoms with Crippen LogP contribution in [-0.4, -0.2) is 54.5 Å². The van der Waals surface area contributed by atoms with Gasteiger partial charge in [0.05, 0.1) is 18.2 Å². The van der Waals surface area contributed by atoms with E-state index in [0.29, 0.717) is 31.1 Å². The highest BCUT2D eigenvalue weighted by molar-refractivity contribution is 6.36. The van der Waals surface area contributed by atoms with Gasteiger partial charge in [0.2, 0.25) is 0 Å². The first-order valence-corrected chi connectivity index (χ1v) is 6.00. The lowest BCUT2D eigenvalue weighted by molar-refractivity contribution is 0.202. The molecule has 1 aromatic rings. The number of rotatable bonds is 7. The molecule has 0 bridgehead atoms. The highest BCUT2D eigenvalue weighted by atomic mass is 35.5. The molecule has 1 aromatic heterocycles. The summed E-state index contributed by atoms with van der Waals surface area (Å²) in [6.07, 6.45) is 1.51. The summed E-state index contributed by atoms with van der Waals surface area (Å²) in [5, 5.41) is 21.0. The molecule has 1 heterocycles. The van der Waals surface area contributed by atoms with Crippen molar-refractivity contribution in [1.82, 2.24) is 4.98 Å². The zero-order valence-electron chi connectivity index (χ0n) is 10.6. The number of nitrogens with zero attached hydrogens (tertiary/aromatic N) is 3. The van der Waals surface area contributed by atoms with Crippen LogP contribution < -0.4 is 10.6 Å². The van der Waals surface area contributed by atoms with Crippen LogP contribution in [0.25, 0.3) is 0 Å². The Morgan fingerprint density at radius 1 is 1.58 bits per heavy atom. The van der Waals surface area contributed by atoms with E-state index < -0.39 is 0 Å². The molecule has 7 nitrogen and oxygen atoms in total. The van der Waals surface area contributed by atoms with Gasteiger partial charge < -0.3 is 25.7 Å². The Kier molecular flexibility index (Phi) is 6.34. The quantitative estimate of drug-likeness (QED) is 0.288. The number of anilines is 1. The third-order valence-electron chi connectivity index (χ3n) is 2.49. The molecule has 106 valence electrons. The average Bonchev–Trinajstić information content (AvgIpc) is 2.43. The second-order valence-corrected chi connectivity index (χ2v) is 4.06. The third-order valence-corrected chi connectivity index (χ3v) is 2.86. The molecular weight excluding hydrogens is 272 g/mol. The van der Waals surface area contributed by atoms with Gasteiger partial charge in [-0.3, -0.25) is 0 Å². The van der Waals surface area contributed by atoms with Crippen LogP contribution in [0.3, 0.4) is 0 Å². The molecule has 0 aliphatic carbocycles. The molecule has 0 atom stereocenters. The lowest BCUT2D eigenvalue weighted by atomic mass is 10.2. The number of hydrogen-bond donors (Lipinski definition) is 3. The van der Waals surface area contributed by atoms with Gasteiger partial charge in [-0.1, -0.05) is 16.8 Å². The number of ether oxygens (including phenoxy) is 1. The zero-order valence-corrected chi connectivity index (χ0v) is 11.3. The van der Waals surface area contributed by atoms with Crippen molar-refractivity contribution < 1.29 is 15.1 Å². The molecule has 0 saturated heterocycles. The Hall–Kier alpha value is -1.57. The number of halogens is 1. The van der Waals surface area contributed by atoms with Crippen LogP contribution in [-0.2, 0) is 4.74 Å². The predicted octanol–water partition coefficient (Wildman–Crippen LogP) is 0.275. The highest BCUT2D eigenvalue weighted by Crippen LogP contribution is 2.26. The smallest absolute Gasteiger partial charge is 0.171 e. The summed E-state index contributed by atoms with van der Waals surface area (Å²) in [6, 6.07) is 1.55. The summed E-state index contributed by atoms with van der Waals surface area (Å²) in [5.41, 5.74) is 5.92. The Morgan fingerprint density at radius 3 is 2.89 bits per heavy atom. The number of aliphatic hydroxyl groups excluding tert-OH is 1. The zero-order chi connectivity index (χ0) is 14.3. The molecule has 4 N–H and O–H groups in total. The SMILES string of the molecule is COCCN(CCO)c1nccc(/C(N)=N/O)c1Cl. The van der Waals surface area contributed by atoms with Gasteiger partial charge >= 0.3 is 0 Å². The second-order valence-electron chi connectivity index (χ2n) is 3.68. The monoisotopic (exact) mass is 288 g/mol. The largest absolute Gasteiger partial charge is 0.409 e. The molecule has 0 aliphatic rings. The van der Waals surface area contributed by atoms with Gasteiger partial charge in [0, 0.05) is 32.0 Å². The minimum atomic E-state index is -0.0932. The summed E-state index contributed by atoms with van der Waals surface area (Å²) in [7, 11) is 1.58. The van der Waals surface area contributed by atoms with Crippen molar-refractivity contribution in [2.75, 3.05) is 38.3 Å². The third kappa shape index (κ3) is 3.95. The fourth-order valence-electron chi connectivity index (χ4n) is 1.55. The van der Waals surface area contributed by atoms with Gasteiger partial charge in [-0.2, -0.15) is 0 Å². The minimum absolute atomic E-state index is 0.0461. The van der Waals surface area contributed by atoms with Crippen LogP contribution >= 0.6 is 11.6 Å². The molecule has 0 amide bonds. The van der Waals surface area contributed by atoms with Crippen molar-refractivity contribution in [2.45, 2.75) is 0 Å². The van der Waals surface area contributed by atoms with Crippen LogP contribution in [0.5, 0.6) is 0 Å². The molecular formula is C11H17ClN4O3. The van der Waals surface area contributed by atoms with Crippen molar-refractivity contribution in [3.05, 3.63) is 22.8 Å². The van der Waals surface area contributed by atoms with Crippen molar-refractivity contribution in [1.29, 1.82) is 0 Å². The first-order valence-electron chi connectivity index (χ1n) is 5.62. The fraction of sp³-hybridized carbons (Fsp3) is 0.455. The number of pyridine rings is 1. The van der Waals surface area contributed by atoms with Crippen LogP contribution in [0, 0.1) is 0 Å². The van der Waals surface area contributed by atoms with E-state index in [1.807, 2.05) is 0 Å². The van der Waals surface area contributed by atoms with Crippen molar-refractivity contribution in [2.24, 2.45) is 10.9 Å². The van der Waals surface area contributed by atoms with Crippen molar-refractivity contribution in [3.8, 4) is 0 Å². The Balaban J connectivity index is 3.09. The number of nitrogens with two attached hydrogens (primary N) is 1. The number of amidine groups is 1. The van der Waals surface area contributed by atoms with Gasteiger partial charge in [-0.05, 0) is 6.07 Å². The van der Waals surface area contributed by atoms with E-state index in [9.17, 15) is 0 Å². The first kappa shape index (κ1) is 15.5. The maximum Gasteiger partial charge on any atom is 0.171 e. The Bertz CT molecular complexity index is 442. The second kappa shape index (κ2) is 7.78. The van der Waals surface area contributed by atoms with Crippen LogP contribution in [0.1, 0.15) is 5.56 Å². The molecule has 0 spiro atoms. The van der Waals surface area contributed by atoms with Gasteiger partial charge in [0.25, 0.3) is 0 Å². The van der Waals surface area contributed by atoms with E-state index in [1.165, 1.54) is 6.20 Å². The van der Waals surface area contributed by atoms with E-state index in [2.05, 4.69) is 10.1 Å². The molecule has 1 rings (SSSR count). The maximum atomic E-state index is 9.07. The average molecular weight is 289 g/mol. The van der Waals surface area contributed by atoms with Gasteiger partial charge in [-0.15, -0.1) is 0 Å². The van der Waals surface area contributed by atoms with E-state index >= 15 is 0 Å². The topological polar surface area (TPSA) is 104 Å². The minimum Gasteiger partial charge on any atom is -0.409 e. The van der Waals surface area contributed by atoms with E-state index in [1.54, 1.807) is 18.1 Å². The van der Waals surface area contributed by atoms with Crippen molar-refractivity contribution in [3.63, 3.8) is 0 Å². The van der Waals surface area contributed by atoms with Crippen LogP contribution in [0.4, 0.5) is 5.82 Å². The highest BCUT2D eigenvalue weighted by Gasteiger charge is 2.16. The fourth-order valence-corrected chi connectivity index (χ4v) is 1.88. The number of oxime groups is 1. The molecule has 0 saturated carbocycles. The summed E-state index contributed by atoms with van der Waals surface area (Å²) in [5.74, 6) is 0.362. The van der Waals surface area contributed by atoms with Gasteiger partial charge in [0.15, 0.2) is 5.84 Å². The number of aromatic nitrogens is 1. The summed E-state index contributed by atoms with van der Waals surface area (Å²) >= 11 is 6.19. The molecule has 0 fully saturated rings. The molecule has 19 heavy (non-hydrogen) atoms. The maximum absolute atomic E-state index is 9.07. The van der Waals surface area contributed by atoms with E-state index in [0.717, 1.165) is 0 Å². The summed E-state index contributed by atoms with van der Waals surface area (Å²) in [4.78, 5) is 5.93. The van der Waals surface area contributed by atoms with E-state index in [-0.39, 0.29) is 17.5 Å². The lowest BCUT2D eigenvalue weighted by Crippen LogP contribution is -2.31. The Labute approximate surface area is 116 Å². The summed E-state index contributed by atoms with van der Waals surface area (Å²) in [6.45, 7) is 1.29. The molecule has 8 heteroatoms. The standard InChI is InChI=1S/C11H17ClN4O3/c1-19-7-5-16(4-6-17)11-9(12)8(2-3-14-11)10(13)15-18/h2-3,17-18H,4-7H2,1H3,(H2,13,15). The van der Waals surface area contributed by atoms with Gasteiger partial charge in [0.1, 0.15) is 5.82 Å². The first-order chi connectivity index (χ1) is 9.15. The number of aliphatic hydroxyl groups is 1. The molecule has 0 aliphatic heterocycles. The molecule has 0 radical (unpaired) electrons. The van der Waals surface area contributed by atoms with Gasteiger partial charge in [-0.25, -0.2) is 4.98 Å². The molecule has 0 aromatic carbocycles. The van der Waals surface area contributed by atoms with Crippen LogP contribution in [0.15, 0.2) is 17.4 Å².